The molecule has 3 aromatic rings. The molecule has 3 nitrogen and oxygen atoms in total. The van der Waals surface area contributed by atoms with Crippen molar-refractivity contribution in [1.29, 1.82) is 0 Å². The van der Waals surface area contributed by atoms with Crippen molar-refractivity contribution in [3.8, 4) is 10.6 Å². The molecular formula is C11H9N3S. The highest BCUT2D eigenvalue weighted by molar-refractivity contribution is 7.13. The van der Waals surface area contributed by atoms with Crippen LogP contribution in [0.3, 0.4) is 0 Å². The number of hydrogen-bond acceptors (Lipinski definition) is 3. The van der Waals surface area contributed by atoms with Crippen molar-refractivity contribution in [3.05, 3.63) is 35.7 Å². The van der Waals surface area contributed by atoms with Crippen molar-refractivity contribution in [1.82, 2.24) is 15.0 Å². The molecule has 0 unspecified atom stereocenters. The first kappa shape index (κ1) is 8.61. The predicted octanol–water partition coefficient (Wildman–Crippen LogP) is 2.99. The third kappa shape index (κ3) is 1.34. The van der Waals surface area contributed by atoms with Gasteiger partial charge in [0.15, 0.2) is 0 Å². The van der Waals surface area contributed by atoms with Gasteiger partial charge in [-0.1, -0.05) is 0 Å². The Kier molecular flexibility index (Phi) is 1.82. The van der Waals surface area contributed by atoms with E-state index in [1.54, 1.807) is 17.5 Å². The lowest BCUT2D eigenvalue weighted by Crippen LogP contribution is -1.75. The largest absolute Gasteiger partial charge is 0.359 e. The number of H-pyrrole nitrogens is 1. The Labute approximate surface area is 90.8 Å². The highest BCUT2D eigenvalue weighted by atomic mass is 32.1. The van der Waals surface area contributed by atoms with Crippen LogP contribution in [-0.2, 0) is 0 Å². The molecule has 0 fully saturated rings. The second-order valence-electron chi connectivity index (χ2n) is 3.42. The highest BCUT2D eigenvalue weighted by Crippen LogP contribution is 2.30. The van der Waals surface area contributed by atoms with Gasteiger partial charge in [0, 0.05) is 34.4 Å². The summed E-state index contributed by atoms with van der Waals surface area (Å²) in [4.78, 5) is 11.8. The molecule has 3 heterocycles. The SMILES string of the molecule is Cc1csc(-c2c[nH]c3cnccc23)n1. The van der Waals surface area contributed by atoms with Crippen molar-refractivity contribution in [2.45, 2.75) is 6.92 Å². The molecule has 0 saturated heterocycles. The molecule has 0 aliphatic heterocycles. The van der Waals surface area contributed by atoms with Gasteiger partial charge in [-0.3, -0.25) is 4.98 Å². The van der Waals surface area contributed by atoms with E-state index in [-0.39, 0.29) is 0 Å². The number of aromatic nitrogens is 3. The van der Waals surface area contributed by atoms with E-state index in [0.29, 0.717) is 0 Å². The van der Waals surface area contributed by atoms with Crippen LogP contribution < -0.4 is 0 Å². The standard InChI is InChI=1S/C11H9N3S/c1-7-6-15-11(14-7)9-4-13-10-5-12-3-2-8(9)10/h2-6,13H,1H3. The summed E-state index contributed by atoms with van der Waals surface area (Å²) in [7, 11) is 0. The number of nitrogens with zero attached hydrogens (tertiary/aromatic N) is 2. The zero-order chi connectivity index (χ0) is 10.3. The van der Waals surface area contributed by atoms with E-state index < -0.39 is 0 Å². The van der Waals surface area contributed by atoms with Crippen molar-refractivity contribution in [3.63, 3.8) is 0 Å². The minimum atomic E-state index is 1.06. The predicted molar refractivity (Wildman–Crippen MR) is 61.9 cm³/mol. The number of nitrogens with one attached hydrogen (secondary N) is 1. The van der Waals surface area contributed by atoms with Crippen LogP contribution in [-0.4, -0.2) is 15.0 Å². The third-order valence-electron chi connectivity index (χ3n) is 2.33. The Balaban J connectivity index is 2.27. The minimum Gasteiger partial charge on any atom is -0.359 e. The molecule has 0 aliphatic carbocycles. The minimum absolute atomic E-state index is 1.06. The molecule has 0 bridgehead atoms. The van der Waals surface area contributed by atoms with Crippen LogP contribution in [0.4, 0.5) is 0 Å². The van der Waals surface area contributed by atoms with Crippen molar-refractivity contribution in [2.24, 2.45) is 0 Å². The van der Waals surface area contributed by atoms with Gasteiger partial charge >= 0.3 is 0 Å². The van der Waals surface area contributed by atoms with Crippen molar-refractivity contribution >= 4 is 22.2 Å². The van der Waals surface area contributed by atoms with E-state index in [1.165, 1.54) is 5.39 Å². The third-order valence-corrected chi connectivity index (χ3v) is 3.33. The van der Waals surface area contributed by atoms with Crippen LogP contribution in [0.5, 0.6) is 0 Å². The first-order valence-corrected chi connectivity index (χ1v) is 5.56. The molecule has 15 heavy (non-hydrogen) atoms. The van der Waals surface area contributed by atoms with Crippen LogP contribution >= 0.6 is 11.3 Å². The van der Waals surface area contributed by atoms with Crippen molar-refractivity contribution in [2.75, 3.05) is 0 Å². The number of aryl methyl sites for hydroxylation is 1. The fraction of sp³-hybridized carbons (Fsp3) is 0.0909. The van der Waals surface area contributed by atoms with E-state index >= 15 is 0 Å². The first-order valence-electron chi connectivity index (χ1n) is 4.68. The Morgan fingerprint density at radius 1 is 1.40 bits per heavy atom. The Bertz CT molecular complexity index is 609. The number of rotatable bonds is 1. The number of aromatic amines is 1. The Morgan fingerprint density at radius 2 is 2.33 bits per heavy atom. The number of thiazole rings is 1. The second-order valence-corrected chi connectivity index (χ2v) is 4.28. The van der Waals surface area contributed by atoms with Gasteiger partial charge in [-0.15, -0.1) is 11.3 Å². The van der Waals surface area contributed by atoms with E-state index in [4.69, 9.17) is 0 Å². The van der Waals surface area contributed by atoms with Gasteiger partial charge in [-0.05, 0) is 13.0 Å². The zero-order valence-corrected chi connectivity index (χ0v) is 9.01. The molecule has 0 radical (unpaired) electrons. The highest BCUT2D eigenvalue weighted by Gasteiger charge is 2.08. The summed E-state index contributed by atoms with van der Waals surface area (Å²) < 4.78 is 0. The summed E-state index contributed by atoms with van der Waals surface area (Å²) in [6.07, 6.45) is 5.63. The summed E-state index contributed by atoms with van der Waals surface area (Å²) in [6, 6.07) is 2.01. The lowest BCUT2D eigenvalue weighted by molar-refractivity contribution is 1.27. The van der Waals surface area contributed by atoms with Gasteiger partial charge in [0.1, 0.15) is 5.01 Å². The van der Waals surface area contributed by atoms with Crippen molar-refractivity contribution < 1.29 is 0 Å². The Morgan fingerprint density at radius 3 is 3.13 bits per heavy atom. The molecule has 0 aromatic carbocycles. The molecule has 0 amide bonds. The van der Waals surface area contributed by atoms with E-state index in [9.17, 15) is 0 Å². The Hall–Kier alpha value is -1.68. The zero-order valence-electron chi connectivity index (χ0n) is 8.19. The number of pyridine rings is 1. The van der Waals surface area contributed by atoms with Crippen LogP contribution in [0.25, 0.3) is 21.5 Å². The topological polar surface area (TPSA) is 41.6 Å². The molecule has 74 valence electrons. The average molecular weight is 215 g/mol. The molecule has 4 heteroatoms. The van der Waals surface area contributed by atoms with Gasteiger partial charge in [0.2, 0.25) is 0 Å². The summed E-state index contributed by atoms with van der Waals surface area (Å²) >= 11 is 1.67. The van der Waals surface area contributed by atoms with Crippen LogP contribution in [0.2, 0.25) is 0 Å². The maximum absolute atomic E-state index is 4.48. The normalized spacial score (nSPS) is 11.0. The molecule has 0 saturated carbocycles. The molecule has 0 atom stereocenters. The summed E-state index contributed by atoms with van der Waals surface area (Å²) in [5, 5.41) is 4.30. The van der Waals surface area contributed by atoms with Crippen LogP contribution in [0.1, 0.15) is 5.69 Å². The van der Waals surface area contributed by atoms with Gasteiger partial charge in [-0.25, -0.2) is 4.98 Å². The number of hydrogen-bond donors (Lipinski definition) is 1. The van der Waals surface area contributed by atoms with Gasteiger partial charge in [0.25, 0.3) is 0 Å². The first-order chi connectivity index (χ1) is 7.34. The lowest BCUT2D eigenvalue weighted by Gasteiger charge is -1.92. The fourth-order valence-corrected chi connectivity index (χ4v) is 2.45. The lowest BCUT2D eigenvalue weighted by atomic mass is 10.2. The van der Waals surface area contributed by atoms with Gasteiger partial charge in [-0.2, -0.15) is 0 Å². The molecular weight excluding hydrogens is 206 g/mol. The number of fused-ring (bicyclic) bond motifs is 1. The smallest absolute Gasteiger partial charge is 0.125 e. The average Bonchev–Trinajstić information content (AvgIpc) is 2.83. The second kappa shape index (κ2) is 3.17. The van der Waals surface area contributed by atoms with E-state index in [2.05, 4.69) is 20.3 Å². The van der Waals surface area contributed by atoms with Crippen LogP contribution in [0, 0.1) is 6.92 Å². The summed E-state index contributed by atoms with van der Waals surface area (Å²) in [5.41, 5.74) is 3.28. The summed E-state index contributed by atoms with van der Waals surface area (Å²) in [5.74, 6) is 0. The van der Waals surface area contributed by atoms with E-state index in [1.807, 2.05) is 25.4 Å². The van der Waals surface area contributed by atoms with E-state index in [0.717, 1.165) is 21.8 Å². The molecule has 1 N–H and O–H groups in total. The maximum Gasteiger partial charge on any atom is 0.125 e. The molecule has 3 aromatic heterocycles. The van der Waals surface area contributed by atoms with Gasteiger partial charge < -0.3 is 4.98 Å². The fourth-order valence-electron chi connectivity index (χ4n) is 1.63. The maximum atomic E-state index is 4.48. The van der Waals surface area contributed by atoms with Gasteiger partial charge in [0.05, 0.1) is 11.7 Å². The monoisotopic (exact) mass is 215 g/mol. The van der Waals surface area contributed by atoms with Crippen LogP contribution in [0.15, 0.2) is 30.0 Å². The molecule has 3 rings (SSSR count). The quantitative estimate of drug-likeness (QED) is 0.678. The molecule has 0 aliphatic rings. The summed E-state index contributed by atoms with van der Waals surface area (Å²) in [6.45, 7) is 2.01. The molecule has 0 spiro atoms.